The number of rotatable bonds is 6. The zero-order valence-electron chi connectivity index (χ0n) is 13.6. The Balaban J connectivity index is 1.73. The largest absolute Gasteiger partial charge is 0.482 e. The van der Waals surface area contributed by atoms with Crippen molar-refractivity contribution in [2.24, 2.45) is 0 Å². The lowest BCUT2D eigenvalue weighted by Gasteiger charge is -2.10. The maximum Gasteiger partial charge on any atom is 0.344 e. The van der Waals surface area contributed by atoms with Crippen molar-refractivity contribution in [2.45, 2.75) is 6.92 Å². The molecular weight excluding hydrogens is 342 g/mol. The third-order valence-corrected chi connectivity index (χ3v) is 3.57. The molecule has 128 valence electrons. The van der Waals surface area contributed by atoms with Crippen LogP contribution in [-0.4, -0.2) is 24.2 Å². The van der Waals surface area contributed by atoms with E-state index in [1.807, 2.05) is 24.3 Å². The summed E-state index contributed by atoms with van der Waals surface area (Å²) in [4.78, 5) is 15.5. The summed E-state index contributed by atoms with van der Waals surface area (Å²) in [5.74, 6) is 1.16. The minimum Gasteiger partial charge on any atom is -0.482 e. The minimum absolute atomic E-state index is 0.130. The van der Waals surface area contributed by atoms with Crippen LogP contribution in [-0.2, 0) is 9.53 Å². The number of fused-ring (bicyclic) bond motifs is 1. The van der Waals surface area contributed by atoms with Crippen LogP contribution in [0.25, 0.3) is 10.8 Å². The van der Waals surface area contributed by atoms with Crippen molar-refractivity contribution >= 4 is 28.3 Å². The van der Waals surface area contributed by atoms with Gasteiger partial charge in [0.1, 0.15) is 16.7 Å². The number of esters is 1. The van der Waals surface area contributed by atoms with Crippen molar-refractivity contribution < 1.29 is 19.0 Å². The average Bonchev–Trinajstić information content (AvgIpc) is 2.61. The Kier molecular flexibility index (Phi) is 5.36. The number of aromatic nitrogens is 1. The van der Waals surface area contributed by atoms with Gasteiger partial charge < -0.3 is 14.2 Å². The lowest BCUT2D eigenvalue weighted by molar-refractivity contribution is -0.145. The molecule has 5 nitrogen and oxygen atoms in total. The highest BCUT2D eigenvalue weighted by atomic mass is 35.5. The van der Waals surface area contributed by atoms with Gasteiger partial charge in [-0.1, -0.05) is 29.8 Å². The van der Waals surface area contributed by atoms with E-state index in [0.29, 0.717) is 29.1 Å². The number of benzene rings is 2. The van der Waals surface area contributed by atoms with Gasteiger partial charge in [0.2, 0.25) is 5.88 Å². The maximum atomic E-state index is 11.3. The predicted molar refractivity (Wildman–Crippen MR) is 95.4 cm³/mol. The lowest BCUT2D eigenvalue weighted by Crippen LogP contribution is -2.14. The van der Waals surface area contributed by atoms with Crippen LogP contribution in [0.4, 0.5) is 0 Å². The summed E-state index contributed by atoms with van der Waals surface area (Å²) >= 11 is 6.06. The first kappa shape index (κ1) is 17.0. The van der Waals surface area contributed by atoms with Gasteiger partial charge in [0, 0.05) is 5.39 Å². The first-order valence-electron chi connectivity index (χ1n) is 7.77. The van der Waals surface area contributed by atoms with E-state index < -0.39 is 5.97 Å². The number of hydrogen-bond acceptors (Lipinski definition) is 5. The molecule has 0 aliphatic carbocycles. The Morgan fingerprint density at radius 1 is 1.08 bits per heavy atom. The second-order valence-electron chi connectivity index (χ2n) is 5.14. The summed E-state index contributed by atoms with van der Waals surface area (Å²) < 4.78 is 16.0. The average molecular weight is 358 g/mol. The molecule has 0 saturated heterocycles. The molecule has 0 fully saturated rings. The molecule has 0 radical (unpaired) electrons. The van der Waals surface area contributed by atoms with Gasteiger partial charge in [0.25, 0.3) is 0 Å². The van der Waals surface area contributed by atoms with Crippen LogP contribution < -0.4 is 9.47 Å². The molecule has 3 rings (SSSR count). The second-order valence-corrected chi connectivity index (χ2v) is 5.53. The molecule has 0 bridgehead atoms. The summed E-state index contributed by atoms with van der Waals surface area (Å²) in [7, 11) is 0. The summed E-state index contributed by atoms with van der Waals surface area (Å²) in [6, 6.07) is 16.4. The fourth-order valence-electron chi connectivity index (χ4n) is 2.27. The van der Waals surface area contributed by atoms with Gasteiger partial charge in [0.05, 0.1) is 6.61 Å². The molecule has 0 aliphatic rings. The molecule has 1 aromatic heterocycles. The standard InChI is InChI=1S/C19H16ClNO4/c1-2-23-18(22)12-24-14-7-9-15(10-8-14)25-19-16-6-4-3-5-13(16)11-17(20)21-19/h3-11H,2,12H2,1H3. The third kappa shape index (κ3) is 4.39. The Hall–Kier alpha value is -2.79. The van der Waals surface area contributed by atoms with E-state index in [1.165, 1.54) is 0 Å². The van der Waals surface area contributed by atoms with Gasteiger partial charge >= 0.3 is 5.97 Å². The van der Waals surface area contributed by atoms with Gasteiger partial charge in [-0.25, -0.2) is 9.78 Å². The molecule has 6 heteroatoms. The van der Waals surface area contributed by atoms with E-state index in [-0.39, 0.29) is 6.61 Å². The van der Waals surface area contributed by atoms with E-state index in [1.54, 1.807) is 37.3 Å². The first-order valence-corrected chi connectivity index (χ1v) is 8.15. The molecule has 3 aromatic rings. The summed E-state index contributed by atoms with van der Waals surface area (Å²) in [6.45, 7) is 1.95. The third-order valence-electron chi connectivity index (χ3n) is 3.37. The van der Waals surface area contributed by atoms with Crippen molar-refractivity contribution in [1.82, 2.24) is 4.98 Å². The molecule has 0 N–H and O–H groups in total. The van der Waals surface area contributed by atoms with Gasteiger partial charge in [-0.2, -0.15) is 0 Å². The first-order chi connectivity index (χ1) is 12.2. The van der Waals surface area contributed by atoms with Gasteiger partial charge in [-0.15, -0.1) is 0 Å². The predicted octanol–water partition coefficient (Wildman–Crippen LogP) is 4.62. The Morgan fingerprint density at radius 3 is 2.56 bits per heavy atom. The van der Waals surface area contributed by atoms with E-state index in [2.05, 4.69) is 4.98 Å². The minimum atomic E-state index is -0.405. The number of hydrogen-bond donors (Lipinski definition) is 0. The maximum absolute atomic E-state index is 11.3. The number of halogens is 1. The zero-order chi connectivity index (χ0) is 17.6. The van der Waals surface area contributed by atoms with Crippen LogP contribution in [0.1, 0.15) is 6.92 Å². The summed E-state index contributed by atoms with van der Waals surface area (Å²) in [6.07, 6.45) is 0. The van der Waals surface area contributed by atoms with Gasteiger partial charge in [0.15, 0.2) is 6.61 Å². The van der Waals surface area contributed by atoms with E-state index in [4.69, 9.17) is 25.8 Å². The number of ether oxygens (including phenoxy) is 3. The lowest BCUT2D eigenvalue weighted by atomic mass is 10.2. The fourth-order valence-corrected chi connectivity index (χ4v) is 2.47. The second kappa shape index (κ2) is 7.85. The van der Waals surface area contributed by atoms with Crippen LogP contribution in [0.5, 0.6) is 17.4 Å². The van der Waals surface area contributed by atoms with Crippen molar-refractivity contribution in [3.8, 4) is 17.4 Å². The topological polar surface area (TPSA) is 57.7 Å². The van der Waals surface area contributed by atoms with Crippen LogP contribution >= 0.6 is 11.6 Å². The molecule has 0 saturated carbocycles. The normalized spacial score (nSPS) is 10.5. The van der Waals surface area contributed by atoms with Gasteiger partial charge in [-0.05, 0) is 48.7 Å². The highest BCUT2D eigenvalue weighted by molar-refractivity contribution is 6.30. The van der Waals surface area contributed by atoms with Crippen LogP contribution in [0.3, 0.4) is 0 Å². The zero-order valence-corrected chi connectivity index (χ0v) is 14.3. The Labute approximate surface area is 150 Å². The molecule has 1 heterocycles. The summed E-state index contributed by atoms with van der Waals surface area (Å²) in [5, 5.41) is 2.18. The highest BCUT2D eigenvalue weighted by Gasteiger charge is 2.08. The Morgan fingerprint density at radius 2 is 1.80 bits per heavy atom. The summed E-state index contributed by atoms with van der Waals surface area (Å²) in [5.41, 5.74) is 0. The van der Waals surface area contributed by atoms with Gasteiger partial charge in [-0.3, -0.25) is 0 Å². The molecule has 0 amide bonds. The van der Waals surface area contributed by atoms with Crippen molar-refractivity contribution in [1.29, 1.82) is 0 Å². The molecule has 25 heavy (non-hydrogen) atoms. The van der Waals surface area contributed by atoms with Crippen LogP contribution in [0.2, 0.25) is 5.15 Å². The van der Waals surface area contributed by atoms with Crippen molar-refractivity contribution in [3.63, 3.8) is 0 Å². The number of nitrogens with zero attached hydrogens (tertiary/aromatic N) is 1. The van der Waals surface area contributed by atoms with E-state index in [9.17, 15) is 4.79 Å². The SMILES string of the molecule is CCOC(=O)COc1ccc(Oc2nc(Cl)cc3ccccc23)cc1. The number of carbonyl (C=O) groups excluding carboxylic acids is 1. The number of carbonyl (C=O) groups is 1. The Bertz CT molecular complexity index is 880. The quantitative estimate of drug-likeness (QED) is 0.476. The molecule has 0 spiro atoms. The fraction of sp³-hybridized carbons (Fsp3) is 0.158. The molecule has 0 unspecified atom stereocenters. The van der Waals surface area contributed by atoms with Crippen molar-refractivity contribution in [2.75, 3.05) is 13.2 Å². The molecule has 2 aromatic carbocycles. The molecular formula is C19H16ClNO4. The van der Waals surface area contributed by atoms with E-state index in [0.717, 1.165) is 10.8 Å². The van der Waals surface area contributed by atoms with Crippen LogP contribution in [0.15, 0.2) is 54.6 Å². The molecule has 0 atom stereocenters. The van der Waals surface area contributed by atoms with Crippen molar-refractivity contribution in [3.05, 3.63) is 59.8 Å². The molecule has 0 aliphatic heterocycles. The smallest absolute Gasteiger partial charge is 0.344 e. The highest BCUT2D eigenvalue weighted by Crippen LogP contribution is 2.30. The van der Waals surface area contributed by atoms with E-state index >= 15 is 0 Å². The number of pyridine rings is 1. The monoisotopic (exact) mass is 357 g/mol. The van der Waals surface area contributed by atoms with Crippen LogP contribution in [0, 0.1) is 0 Å².